The molecule has 1 aliphatic heterocycles. The Bertz CT molecular complexity index is 558. The molecule has 1 fully saturated rings. The Hall–Kier alpha value is -1.03. The van der Waals surface area contributed by atoms with Gasteiger partial charge in [0.05, 0.1) is 11.1 Å². The highest BCUT2D eigenvalue weighted by Crippen LogP contribution is 2.41. The lowest BCUT2D eigenvalue weighted by molar-refractivity contribution is -0.143. The number of nitrogens with zero attached hydrogens (tertiary/aromatic N) is 1. The molecule has 0 unspecified atom stereocenters. The van der Waals surface area contributed by atoms with Gasteiger partial charge in [0.2, 0.25) is 0 Å². The first kappa shape index (κ1) is 22.0. The summed E-state index contributed by atoms with van der Waals surface area (Å²) in [5.74, 6) is 0. The third-order valence-electron chi connectivity index (χ3n) is 4.04. The highest BCUT2D eigenvalue weighted by atomic mass is 35.5. The van der Waals surface area contributed by atoms with Gasteiger partial charge < -0.3 is 10.4 Å². The zero-order valence-corrected chi connectivity index (χ0v) is 13.9. The molecule has 1 aliphatic rings. The first-order valence-corrected chi connectivity index (χ1v) is 7.48. The van der Waals surface area contributed by atoms with E-state index in [-0.39, 0.29) is 37.1 Å². The van der Waals surface area contributed by atoms with Crippen molar-refractivity contribution in [3.8, 4) is 0 Å². The molecule has 0 spiro atoms. The summed E-state index contributed by atoms with van der Waals surface area (Å²) < 4.78 is 78.3. The molecule has 0 bridgehead atoms. The number of alkyl halides is 6. The van der Waals surface area contributed by atoms with E-state index in [9.17, 15) is 31.4 Å². The summed E-state index contributed by atoms with van der Waals surface area (Å²) in [6.07, 6.45) is -9.73. The minimum absolute atomic E-state index is 0. The van der Waals surface area contributed by atoms with E-state index in [0.29, 0.717) is 32.2 Å². The number of nitrogens with one attached hydrogen (secondary N) is 1. The summed E-state index contributed by atoms with van der Waals surface area (Å²) in [4.78, 5) is 1.75. The lowest BCUT2D eigenvalue weighted by Gasteiger charge is -2.36. The summed E-state index contributed by atoms with van der Waals surface area (Å²) in [6.45, 7) is 1.71. The van der Waals surface area contributed by atoms with Crippen molar-refractivity contribution in [2.24, 2.45) is 0 Å². The summed E-state index contributed by atoms with van der Waals surface area (Å²) in [5.41, 5.74) is -2.86. The van der Waals surface area contributed by atoms with Crippen LogP contribution in [0.25, 0.3) is 0 Å². The number of aliphatic hydroxyl groups is 1. The van der Waals surface area contributed by atoms with E-state index in [2.05, 4.69) is 5.32 Å². The standard InChI is InChI=1S/C15H18F6N2O.ClH/c16-14(17,18)10-1-2-11(12(9-10)15(19,20)21)13(3-8-24)23-6-4-22-5-7-23;/h1-2,9,13,22,24H,3-8H2;1H/t13-;/m0./s1. The molecule has 144 valence electrons. The van der Waals surface area contributed by atoms with Crippen LogP contribution >= 0.6 is 12.4 Å². The molecule has 1 heterocycles. The molecule has 0 aromatic heterocycles. The lowest BCUT2D eigenvalue weighted by atomic mass is 9.94. The monoisotopic (exact) mass is 392 g/mol. The van der Waals surface area contributed by atoms with Crippen LogP contribution in [0, 0.1) is 0 Å². The SMILES string of the molecule is Cl.OCC[C@@H](c1ccc(C(F)(F)F)cc1C(F)(F)F)N1CCNCC1. The predicted molar refractivity (Wildman–Crippen MR) is 82.6 cm³/mol. The van der Waals surface area contributed by atoms with Crippen molar-refractivity contribution in [1.82, 2.24) is 10.2 Å². The van der Waals surface area contributed by atoms with Crippen LogP contribution in [0.2, 0.25) is 0 Å². The minimum atomic E-state index is -4.90. The highest BCUT2D eigenvalue weighted by molar-refractivity contribution is 5.85. The maximum Gasteiger partial charge on any atom is 0.416 e. The Labute approximate surface area is 147 Å². The number of benzene rings is 1. The zero-order valence-electron chi connectivity index (χ0n) is 13.1. The van der Waals surface area contributed by atoms with E-state index < -0.39 is 29.5 Å². The van der Waals surface area contributed by atoms with Gasteiger partial charge in [-0.05, 0) is 24.1 Å². The Balaban J connectivity index is 0.00000312. The van der Waals surface area contributed by atoms with Gasteiger partial charge in [-0.3, -0.25) is 4.90 Å². The topological polar surface area (TPSA) is 35.5 Å². The van der Waals surface area contributed by atoms with Gasteiger partial charge in [0.25, 0.3) is 0 Å². The van der Waals surface area contributed by atoms with Gasteiger partial charge in [-0.15, -0.1) is 12.4 Å². The van der Waals surface area contributed by atoms with E-state index in [1.807, 2.05) is 0 Å². The van der Waals surface area contributed by atoms with Crippen LogP contribution in [0.15, 0.2) is 18.2 Å². The molecule has 2 N–H and O–H groups in total. The normalized spacial score (nSPS) is 17.9. The molecule has 1 aromatic rings. The molecule has 1 aromatic carbocycles. The van der Waals surface area contributed by atoms with Gasteiger partial charge in [-0.1, -0.05) is 6.07 Å². The van der Waals surface area contributed by atoms with Crippen molar-refractivity contribution in [3.05, 3.63) is 34.9 Å². The van der Waals surface area contributed by atoms with Crippen LogP contribution in [-0.2, 0) is 12.4 Å². The Morgan fingerprint density at radius 1 is 1.04 bits per heavy atom. The number of piperazine rings is 1. The van der Waals surface area contributed by atoms with E-state index >= 15 is 0 Å². The Morgan fingerprint density at radius 2 is 1.64 bits per heavy atom. The molecule has 0 saturated carbocycles. The van der Waals surface area contributed by atoms with Crippen molar-refractivity contribution in [2.75, 3.05) is 32.8 Å². The quantitative estimate of drug-likeness (QED) is 0.770. The van der Waals surface area contributed by atoms with E-state index in [1.165, 1.54) is 0 Å². The van der Waals surface area contributed by atoms with Crippen molar-refractivity contribution in [2.45, 2.75) is 24.8 Å². The van der Waals surface area contributed by atoms with Gasteiger partial charge in [0, 0.05) is 38.8 Å². The first-order chi connectivity index (χ1) is 11.1. The molecule has 10 heteroatoms. The number of aliphatic hydroxyl groups excluding tert-OH is 1. The minimum Gasteiger partial charge on any atom is -0.396 e. The second kappa shape index (κ2) is 8.57. The number of hydrogen-bond acceptors (Lipinski definition) is 3. The van der Waals surface area contributed by atoms with Crippen molar-refractivity contribution in [1.29, 1.82) is 0 Å². The molecular weight excluding hydrogens is 374 g/mol. The van der Waals surface area contributed by atoms with Gasteiger partial charge in [-0.2, -0.15) is 26.3 Å². The van der Waals surface area contributed by atoms with Gasteiger partial charge >= 0.3 is 12.4 Å². The van der Waals surface area contributed by atoms with E-state index in [1.54, 1.807) is 4.90 Å². The molecule has 1 saturated heterocycles. The Morgan fingerprint density at radius 3 is 2.12 bits per heavy atom. The van der Waals surface area contributed by atoms with Gasteiger partial charge in [0.1, 0.15) is 0 Å². The molecule has 2 rings (SSSR count). The second-order valence-electron chi connectivity index (χ2n) is 5.61. The van der Waals surface area contributed by atoms with Crippen LogP contribution in [-0.4, -0.2) is 42.8 Å². The molecule has 1 atom stereocenters. The third-order valence-corrected chi connectivity index (χ3v) is 4.04. The van der Waals surface area contributed by atoms with Crippen LogP contribution in [0.5, 0.6) is 0 Å². The van der Waals surface area contributed by atoms with Crippen LogP contribution < -0.4 is 5.32 Å². The number of hydrogen-bond donors (Lipinski definition) is 2. The summed E-state index contributed by atoms with van der Waals surface area (Å²) in [5, 5.41) is 12.3. The molecule has 25 heavy (non-hydrogen) atoms. The second-order valence-corrected chi connectivity index (χ2v) is 5.61. The molecule has 0 amide bonds. The summed E-state index contributed by atoms with van der Waals surface area (Å²) in [6, 6.07) is 0.920. The molecule has 3 nitrogen and oxygen atoms in total. The fourth-order valence-corrected chi connectivity index (χ4v) is 2.92. The van der Waals surface area contributed by atoms with Crippen LogP contribution in [0.3, 0.4) is 0 Å². The van der Waals surface area contributed by atoms with E-state index in [0.717, 1.165) is 6.07 Å². The molecule has 0 radical (unpaired) electrons. The molecular formula is C15H19ClF6N2O. The number of halogens is 7. The average Bonchev–Trinajstić information content (AvgIpc) is 2.51. The fourth-order valence-electron chi connectivity index (χ4n) is 2.92. The van der Waals surface area contributed by atoms with Crippen LogP contribution in [0.1, 0.15) is 29.2 Å². The van der Waals surface area contributed by atoms with Crippen LogP contribution in [0.4, 0.5) is 26.3 Å². The lowest BCUT2D eigenvalue weighted by Crippen LogP contribution is -2.45. The summed E-state index contributed by atoms with van der Waals surface area (Å²) >= 11 is 0. The third kappa shape index (κ3) is 5.47. The smallest absolute Gasteiger partial charge is 0.396 e. The zero-order chi connectivity index (χ0) is 18.0. The van der Waals surface area contributed by atoms with E-state index in [4.69, 9.17) is 0 Å². The number of rotatable bonds is 4. The Kier molecular flexibility index (Phi) is 7.54. The maximum absolute atomic E-state index is 13.3. The predicted octanol–water partition coefficient (Wildman–Crippen LogP) is 3.47. The van der Waals surface area contributed by atoms with Crippen molar-refractivity contribution >= 4 is 12.4 Å². The largest absolute Gasteiger partial charge is 0.416 e. The first-order valence-electron chi connectivity index (χ1n) is 7.48. The van der Waals surface area contributed by atoms with Gasteiger partial charge in [0.15, 0.2) is 0 Å². The summed E-state index contributed by atoms with van der Waals surface area (Å²) in [7, 11) is 0. The van der Waals surface area contributed by atoms with Gasteiger partial charge in [-0.25, -0.2) is 0 Å². The van der Waals surface area contributed by atoms with Crippen molar-refractivity contribution in [3.63, 3.8) is 0 Å². The molecule has 0 aliphatic carbocycles. The van der Waals surface area contributed by atoms with Crippen molar-refractivity contribution < 1.29 is 31.4 Å². The fraction of sp³-hybridized carbons (Fsp3) is 0.600. The maximum atomic E-state index is 13.3. The highest BCUT2D eigenvalue weighted by Gasteiger charge is 2.40. The average molecular weight is 393 g/mol.